The maximum atomic E-state index is 12.5. The zero-order chi connectivity index (χ0) is 22.2. The number of nitrogens with one attached hydrogen (secondary N) is 1. The van der Waals surface area contributed by atoms with Gasteiger partial charge in [0.05, 0.1) is 29.2 Å². The molecule has 0 bridgehead atoms. The molecule has 0 saturated heterocycles. The third-order valence-corrected chi connectivity index (χ3v) is 6.41. The first-order valence-electron chi connectivity index (χ1n) is 9.83. The molecule has 8 heteroatoms. The Balaban J connectivity index is 1.40. The molecular formula is C23H22ClN3O3S. The quantitative estimate of drug-likeness (QED) is 0.559. The van der Waals surface area contributed by atoms with E-state index >= 15 is 0 Å². The third-order valence-electron chi connectivity index (χ3n) is 5.34. The zero-order valence-corrected chi connectivity index (χ0v) is 19.0. The highest BCUT2D eigenvalue weighted by atomic mass is 35.5. The summed E-state index contributed by atoms with van der Waals surface area (Å²) in [6.07, 6.45) is 0.182. The Morgan fingerprint density at radius 1 is 1.26 bits per heavy atom. The van der Waals surface area contributed by atoms with E-state index in [4.69, 9.17) is 16.3 Å². The second kappa shape index (κ2) is 8.32. The standard InChI is InChI=1S/C23H22ClN3O3S/c1-23(2)15-12-14(8-9-18(15)27(3)21(23)29)17-13-31-22(25-17)26-20(28)10-11-30-19-7-5-4-6-16(19)24/h4-9,12-13H,10-11H2,1-3H3,(H,25,26,28). The van der Waals surface area contributed by atoms with Gasteiger partial charge in [-0.3, -0.25) is 9.59 Å². The highest BCUT2D eigenvalue weighted by Gasteiger charge is 2.42. The molecule has 0 atom stereocenters. The first-order chi connectivity index (χ1) is 14.8. The molecule has 2 heterocycles. The summed E-state index contributed by atoms with van der Waals surface area (Å²) in [4.78, 5) is 31.0. The molecule has 0 aliphatic carbocycles. The second-order valence-electron chi connectivity index (χ2n) is 7.84. The fraction of sp³-hybridized carbons (Fsp3) is 0.261. The van der Waals surface area contributed by atoms with Crippen molar-refractivity contribution in [3.63, 3.8) is 0 Å². The number of aromatic nitrogens is 1. The molecule has 0 radical (unpaired) electrons. The predicted molar refractivity (Wildman–Crippen MR) is 124 cm³/mol. The van der Waals surface area contributed by atoms with Crippen molar-refractivity contribution in [3.05, 3.63) is 58.4 Å². The van der Waals surface area contributed by atoms with Crippen LogP contribution in [0.1, 0.15) is 25.8 Å². The number of anilines is 2. The van der Waals surface area contributed by atoms with E-state index in [2.05, 4.69) is 10.3 Å². The molecule has 0 spiro atoms. The second-order valence-corrected chi connectivity index (χ2v) is 9.10. The molecule has 3 aromatic rings. The van der Waals surface area contributed by atoms with Crippen molar-refractivity contribution in [1.82, 2.24) is 4.98 Å². The van der Waals surface area contributed by atoms with Gasteiger partial charge in [-0.1, -0.05) is 29.8 Å². The molecular weight excluding hydrogens is 434 g/mol. The maximum Gasteiger partial charge on any atom is 0.236 e. The molecule has 1 N–H and O–H groups in total. The van der Waals surface area contributed by atoms with Crippen LogP contribution in [0.15, 0.2) is 47.8 Å². The van der Waals surface area contributed by atoms with Gasteiger partial charge in [-0.15, -0.1) is 11.3 Å². The normalized spacial score (nSPS) is 14.5. The summed E-state index contributed by atoms with van der Waals surface area (Å²) >= 11 is 7.40. The average Bonchev–Trinajstić information content (AvgIpc) is 3.27. The van der Waals surface area contributed by atoms with E-state index in [0.29, 0.717) is 15.9 Å². The van der Waals surface area contributed by atoms with Crippen molar-refractivity contribution < 1.29 is 14.3 Å². The number of carbonyl (C=O) groups excluding carboxylic acids is 2. The van der Waals surface area contributed by atoms with E-state index in [1.54, 1.807) is 24.1 Å². The van der Waals surface area contributed by atoms with Crippen molar-refractivity contribution in [2.24, 2.45) is 0 Å². The Bertz CT molecular complexity index is 1160. The number of thiazole rings is 1. The molecule has 1 aliphatic heterocycles. The first-order valence-corrected chi connectivity index (χ1v) is 11.1. The number of benzene rings is 2. The van der Waals surface area contributed by atoms with Crippen LogP contribution < -0.4 is 15.0 Å². The summed E-state index contributed by atoms with van der Waals surface area (Å²) < 4.78 is 5.56. The van der Waals surface area contributed by atoms with Crippen LogP contribution in [-0.2, 0) is 15.0 Å². The van der Waals surface area contributed by atoms with Gasteiger partial charge >= 0.3 is 0 Å². The van der Waals surface area contributed by atoms with Crippen LogP contribution in [-0.4, -0.2) is 30.5 Å². The Kier molecular flexibility index (Phi) is 5.73. The molecule has 1 aromatic heterocycles. The Hall–Kier alpha value is -2.90. The van der Waals surface area contributed by atoms with Gasteiger partial charge in [0.15, 0.2) is 5.13 Å². The van der Waals surface area contributed by atoms with Gasteiger partial charge in [0.2, 0.25) is 11.8 Å². The molecule has 2 amide bonds. The summed E-state index contributed by atoms with van der Waals surface area (Å²) in [6, 6.07) is 13.0. The molecule has 6 nitrogen and oxygen atoms in total. The Morgan fingerprint density at radius 3 is 2.81 bits per heavy atom. The van der Waals surface area contributed by atoms with Gasteiger partial charge in [0.1, 0.15) is 5.75 Å². The van der Waals surface area contributed by atoms with Crippen LogP contribution in [0.25, 0.3) is 11.3 Å². The van der Waals surface area contributed by atoms with E-state index < -0.39 is 5.41 Å². The number of halogens is 1. The van der Waals surface area contributed by atoms with Gasteiger partial charge in [0.25, 0.3) is 0 Å². The number of nitrogens with zero attached hydrogens (tertiary/aromatic N) is 2. The highest BCUT2D eigenvalue weighted by molar-refractivity contribution is 7.14. The number of likely N-dealkylation sites (N-methyl/N-ethyl adjacent to an activating group) is 1. The number of ether oxygens (including phenoxy) is 1. The van der Waals surface area contributed by atoms with Crippen molar-refractivity contribution in [1.29, 1.82) is 0 Å². The smallest absolute Gasteiger partial charge is 0.236 e. The first kappa shape index (κ1) is 21.3. The molecule has 31 heavy (non-hydrogen) atoms. The lowest BCUT2D eigenvalue weighted by Crippen LogP contribution is -2.33. The van der Waals surface area contributed by atoms with Crippen LogP contribution in [0.3, 0.4) is 0 Å². The van der Waals surface area contributed by atoms with E-state index in [-0.39, 0.29) is 24.8 Å². The van der Waals surface area contributed by atoms with Crippen LogP contribution in [0, 0.1) is 0 Å². The van der Waals surface area contributed by atoms with E-state index in [1.807, 2.05) is 49.6 Å². The lowest BCUT2D eigenvalue weighted by atomic mass is 9.85. The van der Waals surface area contributed by atoms with Crippen LogP contribution in [0.4, 0.5) is 10.8 Å². The summed E-state index contributed by atoms with van der Waals surface area (Å²) in [6.45, 7) is 4.08. The largest absolute Gasteiger partial charge is 0.491 e. The molecule has 4 rings (SSSR count). The Labute approximate surface area is 189 Å². The van der Waals surface area contributed by atoms with Crippen LogP contribution >= 0.6 is 22.9 Å². The van der Waals surface area contributed by atoms with Crippen molar-refractivity contribution in [2.45, 2.75) is 25.7 Å². The van der Waals surface area contributed by atoms with Crippen LogP contribution in [0.2, 0.25) is 5.02 Å². The molecule has 2 aromatic carbocycles. The molecule has 0 fully saturated rings. The summed E-state index contributed by atoms with van der Waals surface area (Å²) in [5.74, 6) is 0.442. The number of hydrogen-bond donors (Lipinski definition) is 1. The van der Waals surface area contributed by atoms with E-state index in [0.717, 1.165) is 22.5 Å². The molecule has 1 aliphatic rings. The van der Waals surface area contributed by atoms with Crippen molar-refractivity contribution in [2.75, 3.05) is 23.9 Å². The maximum absolute atomic E-state index is 12.5. The van der Waals surface area contributed by atoms with Crippen molar-refractivity contribution in [3.8, 4) is 17.0 Å². The number of carbonyl (C=O) groups is 2. The summed E-state index contributed by atoms with van der Waals surface area (Å²) in [5.41, 5.74) is 2.99. The minimum absolute atomic E-state index is 0.0740. The number of fused-ring (bicyclic) bond motifs is 1. The van der Waals surface area contributed by atoms with Gasteiger partial charge in [-0.2, -0.15) is 0 Å². The summed E-state index contributed by atoms with van der Waals surface area (Å²) in [7, 11) is 1.79. The van der Waals surface area contributed by atoms with E-state index in [9.17, 15) is 9.59 Å². The number of hydrogen-bond acceptors (Lipinski definition) is 5. The lowest BCUT2D eigenvalue weighted by Gasteiger charge is -2.16. The SMILES string of the molecule is CN1C(=O)C(C)(C)c2cc(-c3csc(NC(=O)CCOc4ccccc4Cl)n3)ccc21. The number of amides is 2. The monoisotopic (exact) mass is 455 g/mol. The van der Waals surface area contributed by atoms with E-state index in [1.165, 1.54) is 11.3 Å². The molecule has 160 valence electrons. The highest BCUT2D eigenvalue weighted by Crippen LogP contribution is 2.42. The van der Waals surface area contributed by atoms with Gasteiger partial charge in [-0.05, 0) is 43.7 Å². The van der Waals surface area contributed by atoms with Gasteiger partial charge in [-0.25, -0.2) is 4.98 Å². The topological polar surface area (TPSA) is 71.5 Å². The fourth-order valence-electron chi connectivity index (χ4n) is 3.59. The lowest BCUT2D eigenvalue weighted by molar-refractivity contribution is -0.121. The third kappa shape index (κ3) is 4.16. The number of para-hydroxylation sites is 1. The van der Waals surface area contributed by atoms with Gasteiger partial charge in [0, 0.05) is 23.7 Å². The fourth-order valence-corrected chi connectivity index (χ4v) is 4.52. The minimum Gasteiger partial charge on any atom is -0.491 e. The average molecular weight is 456 g/mol. The van der Waals surface area contributed by atoms with Gasteiger partial charge < -0.3 is 15.0 Å². The summed E-state index contributed by atoms with van der Waals surface area (Å²) in [5, 5.41) is 5.73. The van der Waals surface area contributed by atoms with Crippen LogP contribution in [0.5, 0.6) is 5.75 Å². The molecule has 0 unspecified atom stereocenters. The Morgan fingerprint density at radius 2 is 2.03 bits per heavy atom. The molecule has 0 saturated carbocycles. The number of rotatable bonds is 6. The minimum atomic E-state index is -0.575. The van der Waals surface area contributed by atoms with Crippen molar-refractivity contribution >= 4 is 45.6 Å². The zero-order valence-electron chi connectivity index (χ0n) is 17.4. The predicted octanol–water partition coefficient (Wildman–Crippen LogP) is 5.13.